The lowest BCUT2D eigenvalue weighted by molar-refractivity contribution is -0.134. The van der Waals surface area contributed by atoms with E-state index in [0.29, 0.717) is 31.6 Å². The summed E-state index contributed by atoms with van der Waals surface area (Å²) in [4.78, 5) is 32.0. The highest BCUT2D eigenvalue weighted by molar-refractivity contribution is 7.91. The maximum atomic E-state index is 15.3. The van der Waals surface area contributed by atoms with Crippen LogP contribution in [0.25, 0.3) is 10.9 Å². The minimum atomic E-state index is -4.35. The molecule has 4 aromatic rings. The van der Waals surface area contributed by atoms with Crippen LogP contribution in [0.3, 0.4) is 0 Å². The van der Waals surface area contributed by atoms with Gasteiger partial charge in [-0.1, -0.05) is 54.6 Å². The molecule has 3 heterocycles. The highest BCUT2D eigenvalue weighted by Crippen LogP contribution is 2.53. The molecule has 0 radical (unpaired) electrons. The van der Waals surface area contributed by atoms with Crippen molar-refractivity contribution in [3.63, 3.8) is 0 Å². The molecule has 2 amide bonds. The van der Waals surface area contributed by atoms with Gasteiger partial charge in [0.2, 0.25) is 5.91 Å². The zero-order chi connectivity index (χ0) is 30.5. The van der Waals surface area contributed by atoms with E-state index in [2.05, 4.69) is 15.6 Å². The first-order valence-corrected chi connectivity index (χ1v) is 16.1. The summed E-state index contributed by atoms with van der Waals surface area (Å²) in [5.41, 5.74) is 7.37. The van der Waals surface area contributed by atoms with Gasteiger partial charge in [0, 0.05) is 35.2 Å². The summed E-state index contributed by atoms with van der Waals surface area (Å²) in [5, 5.41) is 7.18. The highest BCUT2D eigenvalue weighted by atomic mass is 32.2. The van der Waals surface area contributed by atoms with Gasteiger partial charge in [0.15, 0.2) is 11.7 Å². The molecule has 0 aliphatic carbocycles. The number of piperidine rings is 1. The van der Waals surface area contributed by atoms with Gasteiger partial charge in [0.05, 0.1) is 11.0 Å². The van der Waals surface area contributed by atoms with E-state index in [0.717, 1.165) is 22.0 Å². The summed E-state index contributed by atoms with van der Waals surface area (Å²) in [6, 6.07) is 22.1. The normalized spacial score (nSPS) is 20.5. The van der Waals surface area contributed by atoms with Crippen molar-refractivity contribution < 1.29 is 18.0 Å². The van der Waals surface area contributed by atoms with Crippen LogP contribution < -0.4 is 20.3 Å². The van der Waals surface area contributed by atoms with Crippen LogP contribution in [0.2, 0.25) is 0 Å². The molecule has 1 fully saturated rings. The van der Waals surface area contributed by atoms with E-state index in [4.69, 9.17) is 5.73 Å². The molecule has 2 atom stereocenters. The van der Waals surface area contributed by atoms with Crippen molar-refractivity contribution in [2.45, 2.75) is 55.0 Å². The lowest BCUT2D eigenvalue weighted by atomic mass is 9.75. The van der Waals surface area contributed by atoms with E-state index in [1.54, 1.807) is 44.2 Å². The van der Waals surface area contributed by atoms with Crippen LogP contribution in [0, 0.1) is 0 Å². The van der Waals surface area contributed by atoms with Gasteiger partial charge >= 0.3 is 15.9 Å². The number of carbonyl (C=O) groups excluding carboxylic acids is 2. The Morgan fingerprint density at radius 1 is 0.977 bits per heavy atom. The van der Waals surface area contributed by atoms with Gasteiger partial charge in [-0.25, -0.2) is 4.79 Å². The Morgan fingerprint density at radius 3 is 2.35 bits per heavy atom. The summed E-state index contributed by atoms with van der Waals surface area (Å²) >= 11 is 0. The van der Waals surface area contributed by atoms with Gasteiger partial charge in [0.1, 0.15) is 11.4 Å². The molecule has 0 saturated carbocycles. The first-order chi connectivity index (χ1) is 20.5. The summed E-state index contributed by atoms with van der Waals surface area (Å²) < 4.78 is 29.1. The molecule has 9 nitrogen and oxygen atoms in total. The quantitative estimate of drug-likeness (QED) is 0.240. The summed E-state index contributed by atoms with van der Waals surface area (Å²) in [5.74, 6) is -1.14. The largest absolute Gasteiger partial charge is 0.361 e. The lowest BCUT2D eigenvalue weighted by Crippen LogP contribution is -2.67. The Hall–Kier alpha value is -3.83. The number of hydrogen-bond donors (Lipinski definition) is 4. The molecule has 5 N–H and O–H groups in total. The number of sulfonamides is 1. The predicted octanol–water partition coefficient (Wildman–Crippen LogP) is 3.49. The van der Waals surface area contributed by atoms with Crippen molar-refractivity contribution in [3.05, 3.63) is 96.2 Å². The molecule has 1 aromatic heterocycles. The third-order valence-electron chi connectivity index (χ3n) is 9.05. The molecule has 224 valence electrons. The zero-order valence-electron chi connectivity index (χ0n) is 24.5. The number of hydrogen-bond acceptors (Lipinski definition) is 6. The number of fused-ring (bicyclic) bond motifs is 3. The molecule has 43 heavy (non-hydrogen) atoms. The molecule has 2 aliphatic rings. The van der Waals surface area contributed by atoms with E-state index in [9.17, 15) is 13.2 Å². The maximum absolute atomic E-state index is 15.3. The molecule has 6 rings (SSSR count). The number of rotatable bonds is 7. The number of amides is 2. The molecular formula is C33H38N5O4S+. The van der Waals surface area contributed by atoms with Crippen LogP contribution >= 0.6 is 0 Å². The fourth-order valence-corrected chi connectivity index (χ4v) is 8.85. The second-order valence-electron chi connectivity index (χ2n) is 12.4. The standard InChI is InChI=1S/C33H37N5O4S/c1-32(2,34)31(40)37-28(20-23-21-36-27-14-8-6-12-25(23)27)30(39)38(43(41,42)24-10-4-3-5-11-24)22-33(16-18-35-19-17-33)26-13-7-9-15-29(26)38/h3-15,21,28,35-36H,16-20,22,34H2,1-2H3/p+1/t28-,38?/m1/s1. The van der Waals surface area contributed by atoms with Crippen molar-refractivity contribution in [1.29, 1.82) is 0 Å². The van der Waals surface area contributed by atoms with Crippen LogP contribution in [0.5, 0.6) is 0 Å². The molecule has 2 aliphatic heterocycles. The predicted molar refractivity (Wildman–Crippen MR) is 168 cm³/mol. The number of aromatic nitrogens is 1. The highest BCUT2D eigenvalue weighted by Gasteiger charge is 2.65. The van der Waals surface area contributed by atoms with Gasteiger partial charge in [-0.15, -0.1) is 3.89 Å². The molecule has 1 unspecified atom stereocenters. The van der Waals surface area contributed by atoms with Crippen LogP contribution in [0.15, 0.2) is 90.0 Å². The van der Waals surface area contributed by atoms with Gasteiger partial charge < -0.3 is 21.4 Å². The molecular weight excluding hydrogens is 562 g/mol. The van der Waals surface area contributed by atoms with Gasteiger partial charge in [-0.2, -0.15) is 8.42 Å². The van der Waals surface area contributed by atoms with Crippen molar-refractivity contribution >= 4 is 38.4 Å². The molecule has 1 saturated heterocycles. The first kappa shape index (κ1) is 29.3. The second kappa shape index (κ2) is 10.7. The van der Waals surface area contributed by atoms with E-state index in [-0.39, 0.29) is 17.9 Å². The lowest BCUT2D eigenvalue weighted by Gasteiger charge is -2.37. The number of carbonyl (C=O) groups is 2. The number of nitrogens with zero attached hydrogens (tertiary/aromatic N) is 1. The molecule has 1 spiro atoms. The van der Waals surface area contributed by atoms with E-state index in [1.807, 2.05) is 42.6 Å². The minimum absolute atomic E-state index is 0.0519. The topological polar surface area (TPSA) is 134 Å². The van der Waals surface area contributed by atoms with Crippen molar-refractivity contribution in [3.8, 4) is 0 Å². The average Bonchev–Trinajstić information content (AvgIpc) is 3.54. The van der Waals surface area contributed by atoms with Crippen LogP contribution in [0.4, 0.5) is 5.69 Å². The summed E-state index contributed by atoms with van der Waals surface area (Å²) in [7, 11) is -4.35. The Labute approximate surface area is 252 Å². The first-order valence-electron chi connectivity index (χ1n) is 14.7. The second-order valence-corrected chi connectivity index (χ2v) is 14.4. The van der Waals surface area contributed by atoms with E-state index < -0.39 is 42.7 Å². The summed E-state index contributed by atoms with van der Waals surface area (Å²) in [6.45, 7) is 4.61. The Kier molecular flexibility index (Phi) is 7.29. The molecule has 3 aromatic carbocycles. The van der Waals surface area contributed by atoms with Crippen molar-refractivity contribution in [1.82, 2.24) is 19.5 Å². The Morgan fingerprint density at radius 2 is 1.63 bits per heavy atom. The Balaban J connectivity index is 1.57. The monoisotopic (exact) mass is 600 g/mol. The number of benzene rings is 3. The van der Waals surface area contributed by atoms with Crippen LogP contribution in [-0.4, -0.2) is 56.4 Å². The molecule has 10 heteroatoms. The van der Waals surface area contributed by atoms with Crippen molar-refractivity contribution in [2.24, 2.45) is 5.73 Å². The number of para-hydroxylation sites is 2. The van der Waals surface area contributed by atoms with Crippen molar-refractivity contribution in [2.75, 3.05) is 19.6 Å². The van der Waals surface area contributed by atoms with Gasteiger partial charge in [-0.3, -0.25) is 4.79 Å². The average molecular weight is 601 g/mol. The van der Waals surface area contributed by atoms with Crippen LogP contribution in [0.1, 0.15) is 37.8 Å². The van der Waals surface area contributed by atoms with E-state index >= 15 is 4.79 Å². The number of nitrogens with two attached hydrogens (primary N) is 1. The third-order valence-corrected chi connectivity index (χ3v) is 11.2. The van der Waals surface area contributed by atoms with Crippen LogP contribution in [-0.2, 0) is 31.4 Å². The smallest absolute Gasteiger partial charge is 0.357 e. The SMILES string of the molecule is CC(C)(N)C(=O)N[C@H](Cc1c[nH]c2ccccc12)C(=O)[N+]1(S(=O)(=O)c2ccccc2)CC2(CCNCC2)c2ccccc21. The van der Waals surface area contributed by atoms with Gasteiger partial charge in [-0.05, 0) is 63.5 Å². The van der Waals surface area contributed by atoms with E-state index in [1.165, 1.54) is 12.1 Å². The number of quaternary nitrogens is 1. The molecule has 0 bridgehead atoms. The third kappa shape index (κ3) is 4.78. The number of aromatic amines is 1. The number of nitrogens with one attached hydrogen (secondary N) is 3. The fraction of sp³-hybridized carbons (Fsp3) is 0.333. The zero-order valence-corrected chi connectivity index (χ0v) is 25.3. The Bertz CT molecular complexity index is 1790. The maximum Gasteiger partial charge on any atom is 0.357 e. The fourth-order valence-electron chi connectivity index (χ4n) is 6.78. The number of H-pyrrole nitrogens is 1. The minimum Gasteiger partial charge on any atom is -0.361 e. The summed E-state index contributed by atoms with van der Waals surface area (Å²) in [6.07, 6.45) is 3.28. The van der Waals surface area contributed by atoms with Gasteiger partial charge in [0.25, 0.3) is 0 Å².